The molecule has 0 radical (unpaired) electrons. The van der Waals surface area contributed by atoms with Gasteiger partial charge < -0.3 is 5.32 Å². The number of aromatic nitrogens is 3. The van der Waals surface area contributed by atoms with Crippen molar-refractivity contribution in [3.63, 3.8) is 0 Å². The number of anilines is 1. The number of fused-ring (bicyclic) bond motifs is 1. The van der Waals surface area contributed by atoms with Crippen LogP contribution in [0.25, 0.3) is 16.9 Å². The zero-order chi connectivity index (χ0) is 21.3. The second kappa shape index (κ2) is 8.57. The first-order valence-electron chi connectivity index (χ1n) is 10.2. The number of nitrogens with one attached hydrogen (secondary N) is 1. The molecule has 1 saturated heterocycles. The highest BCUT2D eigenvalue weighted by Crippen LogP contribution is 2.28. The van der Waals surface area contributed by atoms with Gasteiger partial charge in [-0.1, -0.05) is 29.8 Å². The summed E-state index contributed by atoms with van der Waals surface area (Å²) in [5.74, 6) is 1.20. The van der Waals surface area contributed by atoms with Crippen molar-refractivity contribution in [2.45, 2.75) is 19.8 Å². The topological polar surface area (TPSA) is 79.6 Å². The van der Waals surface area contributed by atoms with E-state index in [-0.39, 0.29) is 11.7 Å². The van der Waals surface area contributed by atoms with Gasteiger partial charge in [-0.05, 0) is 37.2 Å². The van der Waals surface area contributed by atoms with E-state index >= 15 is 0 Å². The van der Waals surface area contributed by atoms with E-state index in [0.29, 0.717) is 24.7 Å². The van der Waals surface area contributed by atoms with Crippen LogP contribution in [0.5, 0.6) is 0 Å². The number of hydrogen-bond acceptors (Lipinski definition) is 5. The van der Waals surface area contributed by atoms with E-state index in [1.165, 1.54) is 0 Å². The Morgan fingerprint density at radius 2 is 2.13 bits per heavy atom. The Morgan fingerprint density at radius 1 is 1.33 bits per heavy atom. The predicted octanol–water partition coefficient (Wildman–Crippen LogP) is 1.78. The molecule has 158 valence electrons. The van der Waals surface area contributed by atoms with E-state index < -0.39 is 10.0 Å². The molecule has 3 aromatic rings. The van der Waals surface area contributed by atoms with Crippen LogP contribution < -0.4 is 10.8 Å². The summed E-state index contributed by atoms with van der Waals surface area (Å²) in [5.41, 5.74) is 3.39. The van der Waals surface area contributed by atoms with Gasteiger partial charge in [0.15, 0.2) is 5.65 Å². The van der Waals surface area contributed by atoms with Crippen LogP contribution in [0.15, 0.2) is 36.5 Å². The third kappa shape index (κ3) is 4.19. The highest BCUT2D eigenvalue weighted by atomic mass is 35.5. The van der Waals surface area contributed by atoms with E-state index in [9.17, 15) is 8.42 Å². The molecule has 1 unspecified atom stereocenters. The van der Waals surface area contributed by atoms with Crippen molar-refractivity contribution in [3.05, 3.63) is 41.6 Å². The SMILES string of the molecule is Bc1cnn2c(NCC3CCCN(S(=O)(=O)CC)C3)cc(-c3ccccc3Cl)nc12. The minimum Gasteiger partial charge on any atom is -0.370 e. The zero-order valence-electron chi connectivity index (χ0n) is 17.2. The lowest BCUT2D eigenvalue weighted by atomic mass is 9.99. The van der Waals surface area contributed by atoms with E-state index in [0.717, 1.165) is 41.0 Å². The van der Waals surface area contributed by atoms with Crippen molar-refractivity contribution in [1.82, 2.24) is 18.9 Å². The maximum absolute atomic E-state index is 12.3. The van der Waals surface area contributed by atoms with Crippen molar-refractivity contribution in [2.24, 2.45) is 5.92 Å². The lowest BCUT2D eigenvalue weighted by molar-refractivity contribution is 0.275. The van der Waals surface area contributed by atoms with Crippen molar-refractivity contribution in [2.75, 3.05) is 30.7 Å². The van der Waals surface area contributed by atoms with Crippen LogP contribution in [0.2, 0.25) is 5.02 Å². The highest BCUT2D eigenvalue weighted by molar-refractivity contribution is 7.89. The van der Waals surface area contributed by atoms with Gasteiger partial charge in [-0.3, -0.25) is 0 Å². The predicted molar refractivity (Wildman–Crippen MR) is 124 cm³/mol. The van der Waals surface area contributed by atoms with Gasteiger partial charge in [-0.25, -0.2) is 17.7 Å². The molecule has 1 atom stereocenters. The summed E-state index contributed by atoms with van der Waals surface area (Å²) in [6.45, 7) is 3.52. The highest BCUT2D eigenvalue weighted by Gasteiger charge is 2.27. The van der Waals surface area contributed by atoms with Crippen LogP contribution in [0.3, 0.4) is 0 Å². The van der Waals surface area contributed by atoms with Gasteiger partial charge in [0.1, 0.15) is 13.7 Å². The minimum atomic E-state index is -3.15. The summed E-state index contributed by atoms with van der Waals surface area (Å²) in [4.78, 5) is 4.77. The Hall–Kier alpha value is -2.10. The molecule has 30 heavy (non-hydrogen) atoms. The number of nitrogens with zero attached hydrogens (tertiary/aromatic N) is 4. The molecule has 10 heteroatoms. The second-order valence-corrected chi connectivity index (χ2v) is 10.4. The molecular formula is C20H25BClN5O2S. The van der Waals surface area contributed by atoms with Gasteiger partial charge in [-0.2, -0.15) is 9.61 Å². The van der Waals surface area contributed by atoms with E-state index in [1.54, 1.807) is 21.9 Å². The number of benzene rings is 1. The summed E-state index contributed by atoms with van der Waals surface area (Å²) in [7, 11) is -1.18. The average molecular weight is 446 g/mol. The summed E-state index contributed by atoms with van der Waals surface area (Å²) < 4.78 is 27.9. The summed E-state index contributed by atoms with van der Waals surface area (Å²) in [5, 5.41) is 8.59. The molecule has 3 heterocycles. The molecule has 1 fully saturated rings. The van der Waals surface area contributed by atoms with Gasteiger partial charge in [-0.15, -0.1) is 0 Å². The van der Waals surface area contributed by atoms with Gasteiger partial charge in [0.25, 0.3) is 0 Å². The number of halogens is 1. The second-order valence-electron chi connectivity index (χ2n) is 7.72. The van der Waals surface area contributed by atoms with E-state index in [1.807, 2.05) is 38.2 Å². The number of rotatable bonds is 6. The maximum atomic E-state index is 12.3. The number of piperidine rings is 1. The van der Waals surface area contributed by atoms with Crippen LogP contribution in [0.4, 0.5) is 5.82 Å². The zero-order valence-corrected chi connectivity index (χ0v) is 18.7. The molecule has 0 bridgehead atoms. The molecule has 1 N–H and O–H groups in total. The molecule has 2 aromatic heterocycles. The molecule has 1 aliphatic heterocycles. The molecule has 0 aliphatic carbocycles. The first kappa shape index (κ1) is 21.1. The minimum absolute atomic E-state index is 0.145. The largest absolute Gasteiger partial charge is 0.370 e. The van der Waals surface area contributed by atoms with Crippen LogP contribution in [0.1, 0.15) is 19.8 Å². The van der Waals surface area contributed by atoms with Crippen LogP contribution in [-0.2, 0) is 10.0 Å². The molecule has 0 spiro atoms. The molecule has 0 saturated carbocycles. The van der Waals surface area contributed by atoms with Gasteiger partial charge in [0, 0.05) is 42.5 Å². The average Bonchev–Trinajstić information content (AvgIpc) is 3.13. The molecular weight excluding hydrogens is 421 g/mol. The Labute approximate surface area is 182 Å². The normalized spacial score (nSPS) is 18.0. The summed E-state index contributed by atoms with van der Waals surface area (Å²) in [6.07, 6.45) is 3.66. The lowest BCUT2D eigenvalue weighted by Crippen LogP contribution is -2.42. The standard InChI is InChI=1S/C20H25BClN5O2S/c1-2-30(28,29)26-9-5-6-14(13-26)11-23-19-10-18(15-7-3-4-8-17(15)22)25-20-16(21)12-24-27(19)20/h3-4,7-8,10,12,14,23H,2,5-6,9,11,13,21H2,1H3. The maximum Gasteiger partial charge on any atom is 0.213 e. The lowest BCUT2D eigenvalue weighted by Gasteiger charge is -2.32. The Bertz CT molecular complexity index is 1170. The van der Waals surface area contributed by atoms with Crippen molar-refractivity contribution >= 4 is 46.4 Å². The van der Waals surface area contributed by atoms with Crippen LogP contribution in [-0.4, -0.2) is 60.6 Å². The fourth-order valence-corrected chi connectivity index (χ4v) is 5.33. The first-order chi connectivity index (χ1) is 14.4. The number of sulfonamides is 1. The summed E-state index contributed by atoms with van der Waals surface area (Å²) >= 11 is 6.40. The van der Waals surface area contributed by atoms with Gasteiger partial charge in [0.05, 0.1) is 11.4 Å². The van der Waals surface area contributed by atoms with Gasteiger partial charge >= 0.3 is 0 Å². The fourth-order valence-electron chi connectivity index (χ4n) is 3.88. The molecule has 4 rings (SSSR count). The quantitative estimate of drug-likeness (QED) is 0.585. The van der Waals surface area contributed by atoms with Crippen molar-refractivity contribution in [3.8, 4) is 11.3 Å². The number of hydrogen-bond donors (Lipinski definition) is 1. The van der Waals surface area contributed by atoms with Crippen LogP contribution >= 0.6 is 11.6 Å². The van der Waals surface area contributed by atoms with E-state index in [4.69, 9.17) is 16.6 Å². The fraction of sp³-hybridized carbons (Fsp3) is 0.400. The van der Waals surface area contributed by atoms with E-state index in [2.05, 4.69) is 10.4 Å². The molecule has 7 nitrogen and oxygen atoms in total. The van der Waals surface area contributed by atoms with Crippen molar-refractivity contribution < 1.29 is 8.42 Å². The Balaban J connectivity index is 1.60. The monoisotopic (exact) mass is 445 g/mol. The van der Waals surface area contributed by atoms with Crippen molar-refractivity contribution in [1.29, 1.82) is 0 Å². The third-order valence-corrected chi connectivity index (χ3v) is 7.79. The Kier molecular flexibility index (Phi) is 6.04. The molecule has 1 aromatic carbocycles. The van der Waals surface area contributed by atoms with Gasteiger partial charge in [0.2, 0.25) is 10.0 Å². The molecule has 1 aliphatic rings. The molecule has 0 amide bonds. The smallest absolute Gasteiger partial charge is 0.213 e. The summed E-state index contributed by atoms with van der Waals surface area (Å²) in [6, 6.07) is 9.58. The Morgan fingerprint density at radius 3 is 2.90 bits per heavy atom. The first-order valence-corrected chi connectivity index (χ1v) is 12.2. The van der Waals surface area contributed by atoms with Crippen LogP contribution in [0, 0.1) is 5.92 Å². The third-order valence-electron chi connectivity index (χ3n) is 5.61.